The summed E-state index contributed by atoms with van der Waals surface area (Å²) in [5.74, 6) is 0.754. The highest BCUT2D eigenvalue weighted by Crippen LogP contribution is 2.39. The van der Waals surface area contributed by atoms with Gasteiger partial charge in [-0.2, -0.15) is 0 Å². The van der Waals surface area contributed by atoms with Crippen molar-refractivity contribution in [2.45, 2.75) is 30.5 Å². The second kappa shape index (κ2) is 5.72. The summed E-state index contributed by atoms with van der Waals surface area (Å²) >= 11 is 3.67. The molecule has 21 heavy (non-hydrogen) atoms. The number of fused-ring (bicyclic) bond motifs is 1. The van der Waals surface area contributed by atoms with E-state index in [9.17, 15) is 13.2 Å². The van der Waals surface area contributed by atoms with Crippen LogP contribution in [-0.2, 0) is 21.1 Å². The number of amides is 1. The Hall–Kier alpha value is -0.880. The maximum absolute atomic E-state index is 11.6. The van der Waals surface area contributed by atoms with Crippen molar-refractivity contribution in [1.82, 2.24) is 0 Å². The lowest BCUT2D eigenvalue weighted by molar-refractivity contribution is -0.116. The molecule has 1 aromatic carbocycles. The summed E-state index contributed by atoms with van der Waals surface area (Å²) in [5.41, 5.74) is 3.13. The van der Waals surface area contributed by atoms with Gasteiger partial charge in [-0.3, -0.25) is 4.79 Å². The molecule has 2 heterocycles. The van der Waals surface area contributed by atoms with E-state index >= 15 is 0 Å². The summed E-state index contributed by atoms with van der Waals surface area (Å²) in [7, 11) is -2.87. The number of carbonyl (C=O) groups is 1. The fraction of sp³-hybridized carbons (Fsp3) is 0.533. The monoisotopic (exact) mass is 371 g/mol. The highest BCUT2D eigenvalue weighted by atomic mass is 79.9. The number of alkyl halides is 1. The summed E-state index contributed by atoms with van der Waals surface area (Å²) in [4.78, 5) is 11.6. The average Bonchev–Trinajstić information content (AvgIpc) is 2.69. The molecule has 2 aliphatic rings. The van der Waals surface area contributed by atoms with Crippen LogP contribution in [0.25, 0.3) is 0 Å². The number of rotatable bonds is 2. The molecule has 2 unspecified atom stereocenters. The van der Waals surface area contributed by atoms with E-state index in [0.717, 1.165) is 29.7 Å². The van der Waals surface area contributed by atoms with E-state index in [1.165, 1.54) is 0 Å². The van der Waals surface area contributed by atoms with Crippen molar-refractivity contribution in [2.75, 3.05) is 16.8 Å². The van der Waals surface area contributed by atoms with Gasteiger partial charge in [0.05, 0.1) is 11.5 Å². The van der Waals surface area contributed by atoms with Gasteiger partial charge in [-0.15, -0.1) is 0 Å². The van der Waals surface area contributed by atoms with Crippen LogP contribution in [0.1, 0.15) is 35.2 Å². The highest BCUT2D eigenvalue weighted by Gasteiger charge is 2.33. The fourth-order valence-electron chi connectivity index (χ4n) is 3.09. The third kappa shape index (κ3) is 3.31. The third-order valence-corrected chi connectivity index (χ3v) is 7.32. The standard InChI is InChI=1S/C15H18BrNO3S/c16-15(12-6-7-21(19,20)9-12)11-4-5-13-10(8-11)2-1-3-14(18)17-13/h4-5,8,12,15H,1-3,6-7,9H2,(H,17,18). The number of benzene rings is 1. The molecule has 0 saturated carbocycles. The quantitative estimate of drug-likeness (QED) is 0.812. The summed E-state index contributed by atoms with van der Waals surface area (Å²) in [6, 6.07) is 6.02. The van der Waals surface area contributed by atoms with Crippen molar-refractivity contribution >= 4 is 37.4 Å². The third-order valence-electron chi connectivity index (χ3n) is 4.25. The zero-order chi connectivity index (χ0) is 15.0. The fourth-order valence-corrected chi connectivity index (χ4v) is 5.92. The van der Waals surface area contributed by atoms with Crippen molar-refractivity contribution in [3.05, 3.63) is 29.3 Å². The Labute approximate surface area is 133 Å². The molecule has 0 aromatic heterocycles. The van der Waals surface area contributed by atoms with Crippen molar-refractivity contribution in [3.63, 3.8) is 0 Å². The van der Waals surface area contributed by atoms with Crippen LogP contribution in [0.3, 0.4) is 0 Å². The van der Waals surface area contributed by atoms with Gasteiger partial charge in [0.25, 0.3) is 0 Å². The first-order chi connectivity index (χ1) is 9.94. The van der Waals surface area contributed by atoms with Gasteiger partial charge in [0.2, 0.25) is 5.91 Å². The first kappa shape index (κ1) is 15.0. The molecule has 4 nitrogen and oxygen atoms in total. The lowest BCUT2D eigenvalue weighted by Gasteiger charge is -2.18. The van der Waals surface area contributed by atoms with Crippen LogP contribution in [-0.4, -0.2) is 25.8 Å². The van der Waals surface area contributed by atoms with E-state index < -0.39 is 9.84 Å². The molecule has 0 radical (unpaired) electrons. The molecule has 114 valence electrons. The molecule has 1 fully saturated rings. The van der Waals surface area contributed by atoms with E-state index in [-0.39, 0.29) is 22.4 Å². The Morgan fingerprint density at radius 2 is 2.10 bits per heavy atom. The van der Waals surface area contributed by atoms with Gasteiger partial charge >= 0.3 is 0 Å². The summed E-state index contributed by atoms with van der Waals surface area (Å²) in [6.45, 7) is 0. The minimum Gasteiger partial charge on any atom is -0.326 e. The number of hydrogen-bond acceptors (Lipinski definition) is 3. The van der Waals surface area contributed by atoms with Crippen molar-refractivity contribution in [3.8, 4) is 0 Å². The Morgan fingerprint density at radius 3 is 2.81 bits per heavy atom. The molecule has 0 aliphatic carbocycles. The minimum absolute atomic E-state index is 0.0547. The van der Waals surface area contributed by atoms with E-state index in [1.54, 1.807) is 0 Å². The predicted molar refractivity (Wildman–Crippen MR) is 86.4 cm³/mol. The molecule has 1 saturated heterocycles. The second-order valence-electron chi connectivity index (χ2n) is 5.88. The van der Waals surface area contributed by atoms with E-state index in [2.05, 4.69) is 27.3 Å². The lowest BCUT2D eigenvalue weighted by Crippen LogP contribution is -2.11. The van der Waals surface area contributed by atoms with Crippen LogP contribution in [0.5, 0.6) is 0 Å². The van der Waals surface area contributed by atoms with E-state index in [4.69, 9.17) is 0 Å². The van der Waals surface area contributed by atoms with Gasteiger partial charge in [0, 0.05) is 16.9 Å². The molecule has 1 aromatic rings. The Kier molecular flexibility index (Phi) is 4.10. The van der Waals surface area contributed by atoms with Gasteiger partial charge in [0.15, 0.2) is 9.84 Å². The van der Waals surface area contributed by atoms with E-state index in [1.807, 2.05) is 12.1 Å². The Morgan fingerprint density at radius 1 is 1.29 bits per heavy atom. The molecule has 0 spiro atoms. The van der Waals surface area contributed by atoms with Crippen LogP contribution in [0.4, 0.5) is 5.69 Å². The van der Waals surface area contributed by atoms with Crippen molar-refractivity contribution in [2.24, 2.45) is 5.92 Å². The van der Waals surface area contributed by atoms with Crippen LogP contribution in [0, 0.1) is 5.92 Å². The normalized spacial score (nSPS) is 25.8. The van der Waals surface area contributed by atoms with Gasteiger partial charge in [-0.05, 0) is 42.4 Å². The van der Waals surface area contributed by atoms with Crippen LogP contribution < -0.4 is 5.32 Å². The number of hydrogen-bond donors (Lipinski definition) is 1. The SMILES string of the molecule is O=C1CCCc2cc(C(Br)C3CCS(=O)(=O)C3)ccc2N1. The molecule has 1 N–H and O–H groups in total. The zero-order valence-electron chi connectivity index (χ0n) is 11.6. The number of carbonyl (C=O) groups excluding carboxylic acids is 1. The second-order valence-corrected chi connectivity index (χ2v) is 9.10. The highest BCUT2D eigenvalue weighted by molar-refractivity contribution is 9.09. The smallest absolute Gasteiger partial charge is 0.224 e. The zero-order valence-corrected chi connectivity index (χ0v) is 14.0. The van der Waals surface area contributed by atoms with Crippen molar-refractivity contribution in [1.29, 1.82) is 0 Å². The number of aryl methyl sites for hydroxylation is 1. The maximum atomic E-state index is 11.6. The number of sulfone groups is 1. The first-order valence-corrected chi connectivity index (χ1v) is 9.95. The topological polar surface area (TPSA) is 63.2 Å². The number of anilines is 1. The molecular weight excluding hydrogens is 354 g/mol. The van der Waals surface area contributed by atoms with E-state index in [0.29, 0.717) is 18.6 Å². The molecule has 2 aliphatic heterocycles. The molecule has 2 atom stereocenters. The molecular formula is C15H18BrNO3S. The largest absolute Gasteiger partial charge is 0.326 e. The summed E-state index contributed by atoms with van der Waals surface area (Å²) in [5, 5.41) is 2.92. The first-order valence-electron chi connectivity index (χ1n) is 7.22. The van der Waals surface area contributed by atoms with Gasteiger partial charge < -0.3 is 5.32 Å². The Bertz CT molecular complexity index is 671. The summed E-state index contributed by atoms with van der Waals surface area (Å²) in [6.07, 6.45) is 3.01. The molecule has 6 heteroatoms. The van der Waals surface area contributed by atoms with Gasteiger partial charge in [0.1, 0.15) is 0 Å². The maximum Gasteiger partial charge on any atom is 0.224 e. The van der Waals surface area contributed by atoms with Crippen LogP contribution >= 0.6 is 15.9 Å². The van der Waals surface area contributed by atoms with Crippen LogP contribution in [0.15, 0.2) is 18.2 Å². The van der Waals surface area contributed by atoms with Crippen molar-refractivity contribution < 1.29 is 13.2 Å². The van der Waals surface area contributed by atoms with Crippen LogP contribution in [0.2, 0.25) is 0 Å². The van der Waals surface area contributed by atoms with Gasteiger partial charge in [-0.25, -0.2) is 8.42 Å². The summed E-state index contributed by atoms with van der Waals surface area (Å²) < 4.78 is 23.2. The average molecular weight is 372 g/mol. The lowest BCUT2D eigenvalue weighted by atomic mass is 9.96. The Balaban J connectivity index is 1.83. The number of nitrogens with one attached hydrogen (secondary N) is 1. The molecule has 0 bridgehead atoms. The minimum atomic E-state index is -2.87. The molecule has 3 rings (SSSR count). The number of halogens is 1. The van der Waals surface area contributed by atoms with Gasteiger partial charge in [-0.1, -0.05) is 28.1 Å². The molecule has 1 amide bonds. The predicted octanol–water partition coefficient (Wildman–Crippen LogP) is 2.83.